The maximum Gasteiger partial charge on any atom is 0.303 e. The Balaban J connectivity index is 2.15. The molecule has 0 spiro atoms. The maximum absolute atomic E-state index is 11.8. The van der Waals surface area contributed by atoms with Crippen molar-refractivity contribution in [3.63, 3.8) is 0 Å². The van der Waals surface area contributed by atoms with E-state index >= 15 is 0 Å². The van der Waals surface area contributed by atoms with Crippen molar-refractivity contribution < 1.29 is 14.7 Å². The van der Waals surface area contributed by atoms with E-state index in [-0.39, 0.29) is 24.3 Å². The molecule has 5 nitrogen and oxygen atoms in total. The molecule has 0 radical (unpaired) electrons. The SMILES string of the molecule is CC(CCC(=O)O)CNC(=O)[C@@H]1CCCCN1. The van der Waals surface area contributed by atoms with Gasteiger partial charge in [0, 0.05) is 13.0 Å². The lowest BCUT2D eigenvalue weighted by molar-refractivity contribution is -0.137. The lowest BCUT2D eigenvalue weighted by Crippen LogP contribution is -2.47. The molecule has 98 valence electrons. The molecule has 0 aromatic carbocycles. The molecule has 1 rings (SSSR count). The number of carbonyl (C=O) groups is 2. The van der Waals surface area contributed by atoms with Crippen molar-refractivity contribution in [1.29, 1.82) is 0 Å². The zero-order valence-electron chi connectivity index (χ0n) is 10.4. The van der Waals surface area contributed by atoms with E-state index in [4.69, 9.17) is 5.11 Å². The highest BCUT2D eigenvalue weighted by Gasteiger charge is 2.20. The average molecular weight is 242 g/mol. The smallest absolute Gasteiger partial charge is 0.303 e. The summed E-state index contributed by atoms with van der Waals surface area (Å²) in [5.41, 5.74) is 0. The Morgan fingerprint density at radius 3 is 2.82 bits per heavy atom. The van der Waals surface area contributed by atoms with Crippen LogP contribution in [-0.2, 0) is 9.59 Å². The number of carboxylic acids is 1. The van der Waals surface area contributed by atoms with E-state index in [0.717, 1.165) is 25.8 Å². The van der Waals surface area contributed by atoms with E-state index in [1.165, 1.54) is 0 Å². The largest absolute Gasteiger partial charge is 0.481 e. The molecule has 1 saturated heterocycles. The third-order valence-electron chi connectivity index (χ3n) is 3.10. The van der Waals surface area contributed by atoms with Crippen molar-refractivity contribution in [3.05, 3.63) is 0 Å². The number of rotatable bonds is 6. The lowest BCUT2D eigenvalue weighted by atomic mass is 10.0. The highest BCUT2D eigenvalue weighted by Crippen LogP contribution is 2.08. The Hall–Kier alpha value is -1.10. The van der Waals surface area contributed by atoms with Crippen molar-refractivity contribution in [2.75, 3.05) is 13.1 Å². The van der Waals surface area contributed by atoms with Gasteiger partial charge in [-0.1, -0.05) is 13.3 Å². The third-order valence-corrected chi connectivity index (χ3v) is 3.10. The first-order valence-corrected chi connectivity index (χ1v) is 6.32. The predicted molar refractivity (Wildman–Crippen MR) is 64.7 cm³/mol. The summed E-state index contributed by atoms with van der Waals surface area (Å²) < 4.78 is 0. The van der Waals surface area contributed by atoms with E-state index in [0.29, 0.717) is 13.0 Å². The molecule has 1 aliphatic heterocycles. The minimum atomic E-state index is -0.780. The Morgan fingerprint density at radius 1 is 1.47 bits per heavy atom. The molecule has 1 aliphatic rings. The molecule has 0 saturated carbocycles. The summed E-state index contributed by atoms with van der Waals surface area (Å²) in [6, 6.07) is -0.0598. The molecule has 1 unspecified atom stereocenters. The standard InChI is InChI=1S/C12H22N2O3/c1-9(5-6-11(15)16)8-14-12(17)10-4-2-3-7-13-10/h9-10,13H,2-8H2,1H3,(H,14,17)(H,15,16)/t9?,10-/m0/s1. The summed E-state index contributed by atoms with van der Waals surface area (Å²) in [4.78, 5) is 22.1. The van der Waals surface area contributed by atoms with Gasteiger partial charge in [-0.15, -0.1) is 0 Å². The van der Waals surface area contributed by atoms with Crippen LogP contribution < -0.4 is 10.6 Å². The van der Waals surface area contributed by atoms with Gasteiger partial charge in [-0.2, -0.15) is 0 Å². The average Bonchev–Trinajstić information content (AvgIpc) is 2.34. The van der Waals surface area contributed by atoms with Gasteiger partial charge in [0.25, 0.3) is 0 Å². The molecule has 5 heteroatoms. The summed E-state index contributed by atoms with van der Waals surface area (Å²) in [6.07, 6.45) is 3.90. The summed E-state index contributed by atoms with van der Waals surface area (Å²) >= 11 is 0. The zero-order chi connectivity index (χ0) is 12.7. The number of hydrogen-bond acceptors (Lipinski definition) is 3. The summed E-state index contributed by atoms with van der Waals surface area (Å²) in [7, 11) is 0. The third kappa shape index (κ3) is 5.68. The second-order valence-electron chi connectivity index (χ2n) is 4.79. The molecule has 3 N–H and O–H groups in total. The molecular formula is C12H22N2O3. The van der Waals surface area contributed by atoms with Crippen molar-refractivity contribution in [2.45, 2.75) is 45.1 Å². The number of nitrogens with one attached hydrogen (secondary N) is 2. The molecule has 0 bridgehead atoms. The minimum Gasteiger partial charge on any atom is -0.481 e. The van der Waals surface area contributed by atoms with Crippen LogP contribution in [0.2, 0.25) is 0 Å². The van der Waals surface area contributed by atoms with Crippen molar-refractivity contribution in [3.8, 4) is 0 Å². The molecule has 1 fully saturated rings. The first kappa shape index (κ1) is 14.0. The number of piperidine rings is 1. The maximum atomic E-state index is 11.8. The van der Waals surface area contributed by atoms with Crippen LogP contribution in [0.3, 0.4) is 0 Å². The molecule has 17 heavy (non-hydrogen) atoms. The van der Waals surface area contributed by atoms with E-state index in [1.807, 2.05) is 6.92 Å². The van der Waals surface area contributed by atoms with Gasteiger partial charge in [-0.05, 0) is 31.7 Å². The molecule has 1 heterocycles. The van der Waals surface area contributed by atoms with Crippen LogP contribution in [0.1, 0.15) is 39.0 Å². The summed E-state index contributed by atoms with van der Waals surface area (Å²) in [6.45, 7) is 3.43. The van der Waals surface area contributed by atoms with Gasteiger partial charge in [0.15, 0.2) is 0 Å². The number of carboxylic acid groups (broad SMARTS) is 1. The number of aliphatic carboxylic acids is 1. The van der Waals surface area contributed by atoms with Crippen molar-refractivity contribution >= 4 is 11.9 Å². The summed E-state index contributed by atoms with van der Waals surface area (Å²) in [5.74, 6) is -0.525. The van der Waals surface area contributed by atoms with E-state index in [1.54, 1.807) is 0 Å². The molecule has 0 aliphatic carbocycles. The number of amides is 1. The van der Waals surface area contributed by atoms with Crippen LogP contribution in [0.25, 0.3) is 0 Å². The Labute approximate surface area is 102 Å². The fourth-order valence-electron chi connectivity index (χ4n) is 1.95. The lowest BCUT2D eigenvalue weighted by Gasteiger charge is -2.23. The van der Waals surface area contributed by atoms with Crippen LogP contribution in [0.4, 0.5) is 0 Å². The first-order valence-electron chi connectivity index (χ1n) is 6.32. The molecule has 0 aromatic rings. The van der Waals surface area contributed by atoms with Gasteiger partial charge in [-0.25, -0.2) is 0 Å². The normalized spacial score (nSPS) is 21.8. The van der Waals surface area contributed by atoms with Crippen molar-refractivity contribution in [1.82, 2.24) is 10.6 Å². The fourth-order valence-corrected chi connectivity index (χ4v) is 1.95. The van der Waals surface area contributed by atoms with Gasteiger partial charge < -0.3 is 15.7 Å². The number of carbonyl (C=O) groups excluding carboxylic acids is 1. The van der Waals surface area contributed by atoms with Crippen LogP contribution in [-0.4, -0.2) is 36.1 Å². The predicted octanol–water partition coefficient (Wildman–Crippen LogP) is 0.746. The van der Waals surface area contributed by atoms with E-state index < -0.39 is 5.97 Å². The van der Waals surface area contributed by atoms with Gasteiger partial charge in [0.05, 0.1) is 6.04 Å². The Kier molecular flexibility index (Phi) is 5.97. The molecule has 2 atom stereocenters. The monoisotopic (exact) mass is 242 g/mol. The second kappa shape index (κ2) is 7.27. The van der Waals surface area contributed by atoms with E-state index in [9.17, 15) is 9.59 Å². The van der Waals surface area contributed by atoms with E-state index in [2.05, 4.69) is 10.6 Å². The zero-order valence-corrected chi connectivity index (χ0v) is 10.4. The van der Waals surface area contributed by atoms with Gasteiger partial charge in [-0.3, -0.25) is 9.59 Å². The highest BCUT2D eigenvalue weighted by atomic mass is 16.4. The van der Waals surface area contributed by atoms with Gasteiger partial charge >= 0.3 is 5.97 Å². The fraction of sp³-hybridized carbons (Fsp3) is 0.833. The quantitative estimate of drug-likeness (QED) is 0.642. The minimum absolute atomic E-state index is 0.0480. The van der Waals surface area contributed by atoms with Crippen LogP contribution >= 0.6 is 0 Å². The van der Waals surface area contributed by atoms with Crippen molar-refractivity contribution in [2.24, 2.45) is 5.92 Å². The van der Waals surface area contributed by atoms with Gasteiger partial charge in [0.2, 0.25) is 5.91 Å². The molecule has 0 aromatic heterocycles. The number of hydrogen-bond donors (Lipinski definition) is 3. The second-order valence-corrected chi connectivity index (χ2v) is 4.79. The van der Waals surface area contributed by atoms with Crippen LogP contribution in [0, 0.1) is 5.92 Å². The van der Waals surface area contributed by atoms with Crippen LogP contribution in [0.5, 0.6) is 0 Å². The molecular weight excluding hydrogens is 220 g/mol. The first-order chi connectivity index (χ1) is 8.09. The Morgan fingerprint density at radius 2 is 2.24 bits per heavy atom. The summed E-state index contributed by atoms with van der Waals surface area (Å²) in [5, 5.41) is 14.6. The van der Waals surface area contributed by atoms with Gasteiger partial charge in [0.1, 0.15) is 0 Å². The highest BCUT2D eigenvalue weighted by molar-refractivity contribution is 5.81. The topological polar surface area (TPSA) is 78.4 Å². The van der Waals surface area contributed by atoms with Crippen LogP contribution in [0.15, 0.2) is 0 Å². The Bertz CT molecular complexity index is 262. The molecule has 1 amide bonds.